The van der Waals surface area contributed by atoms with E-state index in [0.717, 1.165) is 25.2 Å². The van der Waals surface area contributed by atoms with Crippen LogP contribution in [0.2, 0.25) is 0 Å². The second kappa shape index (κ2) is 11.1. The number of benzene rings is 1. The van der Waals surface area contributed by atoms with Gasteiger partial charge in [-0.05, 0) is 56.7 Å². The molecular formula is C26H32N8O3S. The summed E-state index contributed by atoms with van der Waals surface area (Å²) in [5.74, 6) is -0.479. The van der Waals surface area contributed by atoms with Gasteiger partial charge in [-0.1, -0.05) is 12.1 Å². The minimum absolute atomic E-state index is 0.00509. The summed E-state index contributed by atoms with van der Waals surface area (Å²) in [4.78, 5) is 30.6. The highest BCUT2D eigenvalue weighted by atomic mass is 32.2. The Balaban J connectivity index is 1.33. The molecule has 0 bridgehead atoms. The molecule has 0 unspecified atom stereocenters. The van der Waals surface area contributed by atoms with E-state index in [-0.39, 0.29) is 16.4 Å². The SMILES string of the molecule is CN1CCN(S(=O)(=O)c2ccc(-c3cnc(N)c(C(=O)Nc4cnccc4CN4CCCC4)n3)cc2)CC1. The Kier molecular flexibility index (Phi) is 7.65. The summed E-state index contributed by atoms with van der Waals surface area (Å²) in [6.45, 7) is 5.10. The molecule has 2 saturated heterocycles. The van der Waals surface area contributed by atoms with E-state index in [4.69, 9.17) is 5.73 Å². The third-order valence-electron chi connectivity index (χ3n) is 7.02. The quantitative estimate of drug-likeness (QED) is 0.464. The number of amides is 1. The molecule has 2 aliphatic heterocycles. The summed E-state index contributed by atoms with van der Waals surface area (Å²) in [6, 6.07) is 8.35. The molecule has 11 nitrogen and oxygen atoms in total. The van der Waals surface area contributed by atoms with Gasteiger partial charge in [0.1, 0.15) is 0 Å². The van der Waals surface area contributed by atoms with Gasteiger partial charge in [-0.15, -0.1) is 0 Å². The molecule has 5 rings (SSSR count). The first kappa shape index (κ1) is 26.2. The van der Waals surface area contributed by atoms with E-state index < -0.39 is 15.9 Å². The standard InChI is InChI=1S/C26H32N8O3S/c1-32-12-14-34(15-13-32)38(36,37)21-6-4-19(5-7-21)23-17-29-25(27)24(30-23)26(35)31-22-16-28-9-8-20(22)18-33-10-2-3-11-33/h4-9,16-17H,2-3,10-15,18H2,1H3,(H2,27,29)(H,31,35). The summed E-state index contributed by atoms with van der Waals surface area (Å²) >= 11 is 0. The average Bonchev–Trinajstić information content (AvgIpc) is 3.43. The molecule has 0 radical (unpaired) electrons. The van der Waals surface area contributed by atoms with Crippen molar-refractivity contribution in [2.24, 2.45) is 0 Å². The number of hydrogen-bond donors (Lipinski definition) is 2. The second-order valence-electron chi connectivity index (χ2n) is 9.69. The van der Waals surface area contributed by atoms with Gasteiger partial charge in [0.15, 0.2) is 11.5 Å². The number of likely N-dealkylation sites (N-methyl/N-ethyl adjacent to an activating group) is 1. The monoisotopic (exact) mass is 536 g/mol. The van der Waals surface area contributed by atoms with Gasteiger partial charge in [0, 0.05) is 44.5 Å². The number of nitrogens with two attached hydrogens (primary N) is 1. The van der Waals surface area contributed by atoms with Crippen LogP contribution in [0.15, 0.2) is 53.8 Å². The average molecular weight is 537 g/mol. The lowest BCUT2D eigenvalue weighted by Crippen LogP contribution is -2.46. The van der Waals surface area contributed by atoms with Gasteiger partial charge >= 0.3 is 0 Å². The van der Waals surface area contributed by atoms with Crippen molar-refractivity contribution in [2.75, 3.05) is 57.4 Å². The minimum Gasteiger partial charge on any atom is -0.382 e. The summed E-state index contributed by atoms with van der Waals surface area (Å²) in [5, 5.41) is 2.89. The van der Waals surface area contributed by atoms with Crippen LogP contribution in [-0.2, 0) is 16.6 Å². The molecule has 1 amide bonds. The molecule has 0 spiro atoms. The number of nitrogen functional groups attached to an aromatic ring is 1. The zero-order valence-corrected chi connectivity index (χ0v) is 22.2. The predicted molar refractivity (Wildman–Crippen MR) is 145 cm³/mol. The van der Waals surface area contributed by atoms with Crippen LogP contribution >= 0.6 is 0 Å². The summed E-state index contributed by atoms with van der Waals surface area (Å²) in [5.41, 5.74) is 8.62. The van der Waals surface area contributed by atoms with Gasteiger partial charge in [0.2, 0.25) is 10.0 Å². The Morgan fingerprint density at radius 1 is 1.00 bits per heavy atom. The Hall–Kier alpha value is -3.45. The highest BCUT2D eigenvalue weighted by Crippen LogP contribution is 2.24. The first-order valence-corrected chi connectivity index (χ1v) is 14.1. The zero-order chi connectivity index (χ0) is 26.7. The van der Waals surface area contributed by atoms with E-state index in [1.165, 1.54) is 23.3 Å². The van der Waals surface area contributed by atoms with Crippen LogP contribution < -0.4 is 11.1 Å². The first-order valence-electron chi connectivity index (χ1n) is 12.7. The van der Waals surface area contributed by atoms with Crippen molar-refractivity contribution in [1.29, 1.82) is 0 Å². The molecular weight excluding hydrogens is 504 g/mol. The molecule has 2 aliphatic rings. The van der Waals surface area contributed by atoms with Crippen LogP contribution in [0, 0.1) is 0 Å². The van der Waals surface area contributed by atoms with Gasteiger partial charge < -0.3 is 16.0 Å². The van der Waals surface area contributed by atoms with E-state index in [0.29, 0.717) is 43.1 Å². The fraction of sp³-hybridized carbons (Fsp3) is 0.385. The normalized spacial score (nSPS) is 17.5. The van der Waals surface area contributed by atoms with Gasteiger partial charge in [-0.25, -0.2) is 18.4 Å². The van der Waals surface area contributed by atoms with Crippen LogP contribution in [0.4, 0.5) is 11.5 Å². The summed E-state index contributed by atoms with van der Waals surface area (Å²) < 4.78 is 27.6. The summed E-state index contributed by atoms with van der Waals surface area (Å²) in [6.07, 6.45) is 7.15. The molecule has 0 atom stereocenters. The van der Waals surface area contributed by atoms with Gasteiger partial charge in [-0.2, -0.15) is 4.31 Å². The van der Waals surface area contributed by atoms with E-state index in [2.05, 4.69) is 30.1 Å². The van der Waals surface area contributed by atoms with Crippen molar-refractivity contribution in [3.63, 3.8) is 0 Å². The van der Waals surface area contributed by atoms with Crippen LogP contribution in [0.3, 0.4) is 0 Å². The Bertz CT molecular complexity index is 1400. The number of rotatable bonds is 7. The molecule has 200 valence electrons. The molecule has 38 heavy (non-hydrogen) atoms. The number of anilines is 2. The lowest BCUT2D eigenvalue weighted by atomic mass is 10.1. The van der Waals surface area contributed by atoms with Crippen molar-refractivity contribution >= 4 is 27.4 Å². The van der Waals surface area contributed by atoms with E-state index >= 15 is 0 Å². The highest BCUT2D eigenvalue weighted by molar-refractivity contribution is 7.89. The molecule has 2 fully saturated rings. The molecule has 3 aromatic rings. The number of carbonyl (C=O) groups excluding carboxylic acids is 1. The number of aromatic nitrogens is 3. The number of likely N-dealkylation sites (tertiary alicyclic amines) is 1. The van der Waals surface area contributed by atoms with Crippen molar-refractivity contribution in [3.8, 4) is 11.3 Å². The van der Waals surface area contributed by atoms with E-state index in [1.54, 1.807) is 36.7 Å². The topological polar surface area (TPSA) is 138 Å². The third kappa shape index (κ3) is 5.68. The van der Waals surface area contributed by atoms with Crippen LogP contribution in [0.1, 0.15) is 28.9 Å². The predicted octanol–water partition coefficient (Wildman–Crippen LogP) is 1.90. The van der Waals surface area contributed by atoms with Gasteiger partial charge in [0.05, 0.1) is 28.7 Å². The van der Waals surface area contributed by atoms with Crippen molar-refractivity contribution < 1.29 is 13.2 Å². The van der Waals surface area contributed by atoms with E-state index in [1.807, 2.05) is 13.1 Å². The number of carbonyl (C=O) groups is 1. The number of sulfonamides is 1. The number of hydrogen-bond acceptors (Lipinski definition) is 9. The van der Waals surface area contributed by atoms with Crippen molar-refractivity contribution in [3.05, 3.63) is 60.2 Å². The molecule has 3 N–H and O–H groups in total. The maximum Gasteiger partial charge on any atom is 0.278 e. The van der Waals surface area contributed by atoms with Crippen molar-refractivity contribution in [1.82, 2.24) is 29.1 Å². The summed E-state index contributed by atoms with van der Waals surface area (Å²) in [7, 11) is -1.61. The van der Waals surface area contributed by atoms with Crippen LogP contribution in [-0.4, -0.2) is 89.7 Å². The maximum absolute atomic E-state index is 13.2. The zero-order valence-electron chi connectivity index (χ0n) is 21.4. The minimum atomic E-state index is -3.58. The fourth-order valence-corrected chi connectivity index (χ4v) is 6.14. The number of nitrogens with one attached hydrogen (secondary N) is 1. The van der Waals surface area contributed by atoms with Crippen LogP contribution in [0.5, 0.6) is 0 Å². The number of nitrogens with zero attached hydrogens (tertiary/aromatic N) is 6. The number of pyridine rings is 1. The molecule has 0 saturated carbocycles. The molecule has 1 aromatic carbocycles. The Labute approximate surface area is 222 Å². The first-order chi connectivity index (χ1) is 18.3. The molecule has 4 heterocycles. The lowest BCUT2D eigenvalue weighted by Gasteiger charge is -2.31. The molecule has 0 aliphatic carbocycles. The van der Waals surface area contributed by atoms with Crippen molar-refractivity contribution in [2.45, 2.75) is 24.3 Å². The number of piperazine rings is 1. The second-order valence-corrected chi connectivity index (χ2v) is 11.6. The smallest absolute Gasteiger partial charge is 0.278 e. The maximum atomic E-state index is 13.2. The molecule has 2 aromatic heterocycles. The highest BCUT2D eigenvalue weighted by Gasteiger charge is 2.27. The van der Waals surface area contributed by atoms with Gasteiger partial charge in [0.25, 0.3) is 5.91 Å². The van der Waals surface area contributed by atoms with Gasteiger partial charge in [-0.3, -0.25) is 14.7 Å². The largest absolute Gasteiger partial charge is 0.382 e. The Morgan fingerprint density at radius 3 is 2.42 bits per heavy atom. The Morgan fingerprint density at radius 2 is 1.71 bits per heavy atom. The van der Waals surface area contributed by atoms with Crippen LogP contribution in [0.25, 0.3) is 11.3 Å². The lowest BCUT2D eigenvalue weighted by molar-refractivity contribution is 0.102. The third-order valence-corrected chi connectivity index (χ3v) is 8.93. The molecule has 12 heteroatoms. The fourth-order valence-electron chi connectivity index (χ4n) is 4.72. The van der Waals surface area contributed by atoms with E-state index in [9.17, 15) is 13.2 Å².